The molecular formula is C11H11ClO5S. The Balaban J connectivity index is 2.83. The average Bonchev–Trinajstić information content (AvgIpc) is 2.28. The number of benzene rings is 1. The van der Waals surface area contributed by atoms with Gasteiger partial charge in [-0.1, -0.05) is 11.6 Å². The Morgan fingerprint density at radius 3 is 2.67 bits per heavy atom. The van der Waals surface area contributed by atoms with Crippen LogP contribution in [0.1, 0.15) is 17.3 Å². The quantitative estimate of drug-likeness (QED) is 0.659. The lowest BCUT2D eigenvalue weighted by Crippen LogP contribution is -2.19. The van der Waals surface area contributed by atoms with E-state index < -0.39 is 23.1 Å². The van der Waals surface area contributed by atoms with Crippen LogP contribution >= 0.6 is 11.6 Å². The smallest absolute Gasteiger partial charge is 0.356 e. The number of halogens is 1. The number of carbonyl (C=O) groups is 2. The molecule has 0 saturated carbocycles. The van der Waals surface area contributed by atoms with Gasteiger partial charge in [-0.3, -0.25) is 0 Å². The molecule has 1 rings (SSSR count). The van der Waals surface area contributed by atoms with Gasteiger partial charge >= 0.3 is 11.9 Å². The van der Waals surface area contributed by atoms with Crippen molar-refractivity contribution in [2.24, 2.45) is 0 Å². The summed E-state index contributed by atoms with van der Waals surface area (Å²) in [5.41, 5.74) is -0.00288. The summed E-state index contributed by atoms with van der Waals surface area (Å²) >= 11 is 4.17. The fourth-order valence-electron chi connectivity index (χ4n) is 1.21. The van der Waals surface area contributed by atoms with Crippen molar-refractivity contribution >= 4 is 34.7 Å². The zero-order valence-electron chi connectivity index (χ0n) is 9.51. The molecule has 0 bridgehead atoms. The molecule has 1 atom stereocenters. The SMILES string of the molecule is CCOC(=O)C[S+]([O-])c1ccc(C(=O)O)cc1Cl. The third-order valence-corrected chi connectivity index (χ3v) is 3.75. The van der Waals surface area contributed by atoms with Crippen LogP contribution in [0.4, 0.5) is 0 Å². The number of carboxylic acid groups (broad SMARTS) is 1. The van der Waals surface area contributed by atoms with E-state index in [1.165, 1.54) is 18.2 Å². The van der Waals surface area contributed by atoms with Gasteiger partial charge in [-0.2, -0.15) is 0 Å². The van der Waals surface area contributed by atoms with Gasteiger partial charge in [0.15, 0.2) is 4.90 Å². The lowest BCUT2D eigenvalue weighted by molar-refractivity contribution is -0.139. The predicted octanol–water partition coefficient (Wildman–Crippen LogP) is 1.71. The molecule has 7 heteroatoms. The molecule has 0 amide bonds. The Labute approximate surface area is 112 Å². The van der Waals surface area contributed by atoms with E-state index in [0.29, 0.717) is 0 Å². The minimum absolute atomic E-state index is 0.00288. The molecule has 18 heavy (non-hydrogen) atoms. The Bertz CT molecular complexity index is 463. The number of esters is 1. The standard InChI is InChI=1S/C11H11ClO5S/c1-2-17-10(13)6-18(16)9-4-3-7(11(14)15)5-8(9)12/h3-5H,2,6H2,1H3,(H,14,15). The van der Waals surface area contributed by atoms with Crippen molar-refractivity contribution in [1.82, 2.24) is 0 Å². The highest BCUT2D eigenvalue weighted by molar-refractivity contribution is 7.92. The molecule has 1 aromatic rings. The van der Waals surface area contributed by atoms with Crippen molar-refractivity contribution in [2.45, 2.75) is 11.8 Å². The fourth-order valence-corrected chi connectivity index (χ4v) is 2.59. The van der Waals surface area contributed by atoms with Crippen LogP contribution < -0.4 is 0 Å². The molecule has 0 aliphatic heterocycles. The fraction of sp³-hybridized carbons (Fsp3) is 0.273. The van der Waals surface area contributed by atoms with E-state index in [1.807, 2.05) is 0 Å². The van der Waals surface area contributed by atoms with Gasteiger partial charge in [0.1, 0.15) is 0 Å². The van der Waals surface area contributed by atoms with Gasteiger partial charge in [-0.15, -0.1) is 0 Å². The van der Waals surface area contributed by atoms with Crippen LogP contribution in [0, 0.1) is 0 Å². The Kier molecular flexibility index (Phi) is 5.46. The van der Waals surface area contributed by atoms with Gasteiger partial charge in [0.05, 0.1) is 17.2 Å². The van der Waals surface area contributed by atoms with Crippen LogP contribution in [0.3, 0.4) is 0 Å². The summed E-state index contributed by atoms with van der Waals surface area (Å²) in [7, 11) is 0. The first-order valence-electron chi connectivity index (χ1n) is 5.02. The average molecular weight is 291 g/mol. The summed E-state index contributed by atoms with van der Waals surface area (Å²) in [6.07, 6.45) is 0. The van der Waals surface area contributed by atoms with E-state index in [-0.39, 0.29) is 27.8 Å². The number of carbonyl (C=O) groups excluding carboxylic acids is 1. The molecule has 0 heterocycles. The van der Waals surface area contributed by atoms with E-state index in [1.54, 1.807) is 6.92 Å². The molecule has 0 spiro atoms. The molecule has 1 N–H and O–H groups in total. The number of carboxylic acids is 1. The van der Waals surface area contributed by atoms with Gasteiger partial charge < -0.3 is 14.4 Å². The van der Waals surface area contributed by atoms with Crippen LogP contribution in [0.5, 0.6) is 0 Å². The minimum Gasteiger partial charge on any atom is -0.611 e. The zero-order chi connectivity index (χ0) is 13.7. The van der Waals surface area contributed by atoms with Gasteiger partial charge in [0.2, 0.25) is 5.75 Å². The molecule has 0 radical (unpaired) electrons. The van der Waals surface area contributed by atoms with Gasteiger partial charge in [-0.25, -0.2) is 9.59 Å². The van der Waals surface area contributed by atoms with E-state index in [9.17, 15) is 14.1 Å². The van der Waals surface area contributed by atoms with Crippen molar-refractivity contribution in [2.75, 3.05) is 12.4 Å². The Morgan fingerprint density at radius 1 is 1.50 bits per heavy atom. The van der Waals surface area contributed by atoms with Crippen LogP contribution in [0.25, 0.3) is 0 Å². The van der Waals surface area contributed by atoms with Crippen molar-refractivity contribution in [3.05, 3.63) is 28.8 Å². The molecule has 0 aliphatic rings. The minimum atomic E-state index is -1.65. The highest BCUT2D eigenvalue weighted by Crippen LogP contribution is 2.24. The first-order valence-corrected chi connectivity index (χ1v) is 6.72. The Morgan fingerprint density at radius 2 is 2.17 bits per heavy atom. The monoisotopic (exact) mass is 290 g/mol. The summed E-state index contributed by atoms with van der Waals surface area (Å²) in [6.45, 7) is 1.86. The number of hydrogen-bond acceptors (Lipinski definition) is 4. The number of rotatable bonds is 5. The third kappa shape index (κ3) is 3.90. The lowest BCUT2D eigenvalue weighted by atomic mass is 10.2. The van der Waals surface area contributed by atoms with Crippen LogP contribution in [0.2, 0.25) is 5.02 Å². The molecule has 98 valence electrons. The third-order valence-electron chi connectivity index (χ3n) is 1.98. The molecular weight excluding hydrogens is 280 g/mol. The Hall–Kier alpha value is -1.24. The summed E-state index contributed by atoms with van der Waals surface area (Å²) in [5.74, 6) is -2.02. The topological polar surface area (TPSA) is 86.7 Å². The molecule has 5 nitrogen and oxygen atoms in total. The summed E-state index contributed by atoms with van der Waals surface area (Å²) in [4.78, 5) is 22.1. The first kappa shape index (κ1) is 14.8. The van der Waals surface area contributed by atoms with Crippen molar-refractivity contribution in [3.63, 3.8) is 0 Å². The van der Waals surface area contributed by atoms with Crippen LogP contribution in [0.15, 0.2) is 23.1 Å². The van der Waals surface area contributed by atoms with E-state index in [4.69, 9.17) is 16.7 Å². The molecule has 0 aliphatic carbocycles. The predicted molar refractivity (Wildman–Crippen MR) is 66.3 cm³/mol. The number of aromatic carboxylic acids is 1. The number of hydrogen-bond donors (Lipinski definition) is 1. The maximum absolute atomic E-state index is 11.8. The van der Waals surface area contributed by atoms with E-state index >= 15 is 0 Å². The van der Waals surface area contributed by atoms with Crippen molar-refractivity contribution in [3.8, 4) is 0 Å². The summed E-state index contributed by atoms with van der Waals surface area (Å²) < 4.78 is 16.5. The maximum atomic E-state index is 11.8. The van der Waals surface area contributed by atoms with Crippen LogP contribution in [-0.2, 0) is 20.7 Å². The van der Waals surface area contributed by atoms with Crippen LogP contribution in [-0.4, -0.2) is 34.0 Å². The second-order valence-electron chi connectivity index (χ2n) is 3.25. The van der Waals surface area contributed by atoms with Crippen molar-refractivity contribution in [1.29, 1.82) is 0 Å². The summed E-state index contributed by atoms with van der Waals surface area (Å²) in [6, 6.07) is 3.82. The van der Waals surface area contributed by atoms with Gasteiger partial charge in [-0.05, 0) is 36.3 Å². The molecule has 1 aromatic carbocycles. The number of ether oxygens (including phenoxy) is 1. The molecule has 0 fully saturated rings. The molecule has 0 saturated heterocycles. The second-order valence-corrected chi connectivity index (χ2v) is 5.07. The maximum Gasteiger partial charge on any atom is 0.356 e. The van der Waals surface area contributed by atoms with E-state index in [0.717, 1.165) is 0 Å². The summed E-state index contributed by atoms with van der Waals surface area (Å²) in [5, 5.41) is 8.80. The normalized spacial score (nSPS) is 11.9. The zero-order valence-corrected chi connectivity index (χ0v) is 11.1. The second kappa shape index (κ2) is 6.63. The largest absolute Gasteiger partial charge is 0.611 e. The highest BCUT2D eigenvalue weighted by atomic mass is 35.5. The highest BCUT2D eigenvalue weighted by Gasteiger charge is 2.21. The first-order chi connectivity index (χ1) is 8.45. The van der Waals surface area contributed by atoms with Gasteiger partial charge in [0, 0.05) is 0 Å². The van der Waals surface area contributed by atoms with E-state index in [2.05, 4.69) is 4.74 Å². The lowest BCUT2D eigenvalue weighted by Gasteiger charge is -2.11. The van der Waals surface area contributed by atoms with Crippen molar-refractivity contribution < 1.29 is 24.0 Å². The molecule has 0 aromatic heterocycles. The molecule has 1 unspecified atom stereocenters. The van der Waals surface area contributed by atoms with Gasteiger partial charge in [0.25, 0.3) is 0 Å².